The smallest absolute Gasteiger partial charge is 0.393 e. The third-order valence-electron chi connectivity index (χ3n) is 3.53. The van der Waals surface area contributed by atoms with E-state index in [1.54, 1.807) is 6.07 Å². The first-order valence-corrected chi connectivity index (χ1v) is 6.52. The number of nitrogens with zero attached hydrogens (tertiary/aromatic N) is 1. The van der Waals surface area contributed by atoms with Crippen molar-refractivity contribution in [2.75, 3.05) is 19.6 Å². The van der Waals surface area contributed by atoms with Gasteiger partial charge in [-0.1, -0.05) is 18.2 Å². The van der Waals surface area contributed by atoms with Gasteiger partial charge in [0.2, 0.25) is 0 Å². The Hall–Kier alpha value is -1.07. The topological polar surface area (TPSA) is 23.5 Å². The summed E-state index contributed by atoms with van der Waals surface area (Å²) in [7, 11) is 0. The summed E-state index contributed by atoms with van der Waals surface area (Å²) in [5.41, 5.74) is 0.125. The molecule has 0 radical (unpaired) electrons. The summed E-state index contributed by atoms with van der Waals surface area (Å²) in [6.07, 6.45) is -2.37. The maximum atomic E-state index is 12.6. The van der Waals surface area contributed by atoms with Crippen LogP contribution in [0.1, 0.15) is 24.0 Å². The van der Waals surface area contributed by atoms with Gasteiger partial charge >= 0.3 is 6.18 Å². The van der Waals surface area contributed by atoms with Crippen LogP contribution in [0, 0.1) is 0 Å². The van der Waals surface area contributed by atoms with E-state index >= 15 is 0 Å². The van der Waals surface area contributed by atoms with Gasteiger partial charge in [0.15, 0.2) is 0 Å². The average Bonchev–Trinajstić information content (AvgIpc) is 2.37. The van der Waals surface area contributed by atoms with Crippen molar-refractivity contribution in [3.05, 3.63) is 35.4 Å². The van der Waals surface area contributed by atoms with E-state index in [1.165, 1.54) is 12.1 Å². The molecule has 0 aromatic heterocycles. The molecule has 5 heteroatoms. The van der Waals surface area contributed by atoms with Crippen molar-refractivity contribution in [2.24, 2.45) is 0 Å². The zero-order valence-corrected chi connectivity index (χ0v) is 10.7. The first-order valence-electron chi connectivity index (χ1n) is 6.52. The number of halogens is 3. The summed E-state index contributed by atoms with van der Waals surface area (Å²) >= 11 is 0. The molecule has 1 aromatic rings. The second-order valence-electron chi connectivity index (χ2n) is 5.02. The minimum Gasteiger partial charge on any atom is -0.393 e. The molecule has 0 unspecified atom stereocenters. The maximum Gasteiger partial charge on any atom is 0.416 e. The zero-order valence-electron chi connectivity index (χ0n) is 10.7. The van der Waals surface area contributed by atoms with Gasteiger partial charge in [-0.3, -0.25) is 0 Å². The van der Waals surface area contributed by atoms with E-state index in [9.17, 15) is 18.3 Å². The molecule has 0 spiro atoms. The van der Waals surface area contributed by atoms with Crippen molar-refractivity contribution in [3.8, 4) is 0 Å². The summed E-state index contributed by atoms with van der Waals surface area (Å²) in [5.74, 6) is 0. The highest BCUT2D eigenvalue weighted by Crippen LogP contribution is 2.29. The summed E-state index contributed by atoms with van der Waals surface area (Å²) in [4.78, 5) is 2.19. The molecule has 1 saturated heterocycles. The van der Waals surface area contributed by atoms with Crippen molar-refractivity contribution in [1.82, 2.24) is 4.90 Å². The van der Waals surface area contributed by atoms with Crippen LogP contribution in [-0.4, -0.2) is 35.7 Å². The van der Waals surface area contributed by atoms with Crippen LogP contribution in [0.5, 0.6) is 0 Å². The zero-order chi connectivity index (χ0) is 13.9. The highest BCUT2D eigenvalue weighted by Gasteiger charge is 2.30. The Kier molecular flexibility index (Phi) is 4.47. The lowest BCUT2D eigenvalue weighted by Gasteiger charge is -2.29. The summed E-state index contributed by atoms with van der Waals surface area (Å²) < 4.78 is 37.7. The number of piperidine rings is 1. The highest BCUT2D eigenvalue weighted by atomic mass is 19.4. The Morgan fingerprint density at radius 2 is 1.89 bits per heavy atom. The fraction of sp³-hybridized carbons (Fsp3) is 0.571. The van der Waals surface area contributed by atoms with E-state index in [-0.39, 0.29) is 6.10 Å². The SMILES string of the molecule is OC1CCN(CCc2cccc(C(F)(F)F)c2)CC1. The maximum absolute atomic E-state index is 12.6. The predicted octanol–water partition coefficient (Wildman–Crippen LogP) is 2.70. The van der Waals surface area contributed by atoms with Crippen LogP contribution in [0.2, 0.25) is 0 Å². The second-order valence-corrected chi connectivity index (χ2v) is 5.02. The highest BCUT2D eigenvalue weighted by molar-refractivity contribution is 5.25. The number of rotatable bonds is 3. The number of benzene rings is 1. The molecule has 106 valence electrons. The molecule has 1 aliphatic rings. The molecule has 1 heterocycles. The normalized spacial score (nSPS) is 18.7. The Balaban J connectivity index is 1.89. The third-order valence-corrected chi connectivity index (χ3v) is 3.53. The van der Waals surface area contributed by atoms with Gasteiger partial charge in [0.1, 0.15) is 0 Å². The van der Waals surface area contributed by atoms with Crippen LogP contribution in [0.3, 0.4) is 0 Å². The Morgan fingerprint density at radius 1 is 1.21 bits per heavy atom. The molecule has 1 N–H and O–H groups in total. The quantitative estimate of drug-likeness (QED) is 0.915. The summed E-state index contributed by atoms with van der Waals surface area (Å²) in [6.45, 7) is 2.38. The number of aliphatic hydroxyl groups is 1. The second kappa shape index (κ2) is 5.92. The van der Waals surface area contributed by atoms with Gasteiger partial charge in [0.25, 0.3) is 0 Å². The van der Waals surface area contributed by atoms with E-state index in [2.05, 4.69) is 4.90 Å². The van der Waals surface area contributed by atoms with Crippen molar-refractivity contribution in [1.29, 1.82) is 0 Å². The molecular weight excluding hydrogens is 255 g/mol. The molecular formula is C14H18F3NO. The number of hydrogen-bond acceptors (Lipinski definition) is 2. The van der Waals surface area contributed by atoms with Crippen molar-refractivity contribution < 1.29 is 18.3 Å². The van der Waals surface area contributed by atoms with E-state index in [4.69, 9.17) is 0 Å². The first kappa shape index (κ1) is 14.3. The van der Waals surface area contributed by atoms with E-state index in [1.807, 2.05) is 0 Å². The van der Waals surface area contributed by atoms with Crippen LogP contribution < -0.4 is 0 Å². The molecule has 2 nitrogen and oxygen atoms in total. The van der Waals surface area contributed by atoms with Crippen LogP contribution >= 0.6 is 0 Å². The fourth-order valence-electron chi connectivity index (χ4n) is 2.33. The van der Waals surface area contributed by atoms with Gasteiger partial charge in [0.05, 0.1) is 11.7 Å². The summed E-state index contributed by atoms with van der Waals surface area (Å²) in [5, 5.41) is 9.39. The Morgan fingerprint density at radius 3 is 2.53 bits per heavy atom. The minimum absolute atomic E-state index is 0.218. The molecule has 1 aliphatic heterocycles. The monoisotopic (exact) mass is 273 g/mol. The molecule has 0 bridgehead atoms. The number of aliphatic hydroxyl groups excluding tert-OH is 1. The number of alkyl halides is 3. The van der Waals surface area contributed by atoms with Gasteiger partial charge in [-0.25, -0.2) is 0 Å². The summed E-state index contributed by atoms with van der Waals surface area (Å²) in [6, 6.07) is 5.51. The number of hydrogen-bond donors (Lipinski definition) is 1. The van der Waals surface area contributed by atoms with Crippen LogP contribution in [0.25, 0.3) is 0 Å². The average molecular weight is 273 g/mol. The van der Waals surface area contributed by atoms with Gasteiger partial charge in [-0.15, -0.1) is 0 Å². The fourth-order valence-corrected chi connectivity index (χ4v) is 2.33. The van der Waals surface area contributed by atoms with Crippen molar-refractivity contribution in [3.63, 3.8) is 0 Å². The van der Waals surface area contributed by atoms with Gasteiger partial charge in [-0.05, 0) is 30.9 Å². The first-order chi connectivity index (χ1) is 8.95. The van der Waals surface area contributed by atoms with Gasteiger partial charge < -0.3 is 10.0 Å². The molecule has 2 rings (SSSR count). The predicted molar refractivity (Wildman–Crippen MR) is 66.8 cm³/mol. The lowest BCUT2D eigenvalue weighted by atomic mass is 10.1. The number of likely N-dealkylation sites (tertiary alicyclic amines) is 1. The molecule has 1 fully saturated rings. The van der Waals surface area contributed by atoms with E-state index in [0.717, 1.165) is 38.5 Å². The van der Waals surface area contributed by atoms with E-state index < -0.39 is 11.7 Å². The molecule has 0 amide bonds. The lowest BCUT2D eigenvalue weighted by Crippen LogP contribution is -2.37. The lowest BCUT2D eigenvalue weighted by molar-refractivity contribution is -0.137. The minimum atomic E-state index is -4.27. The van der Waals surface area contributed by atoms with Gasteiger partial charge in [0, 0.05) is 19.6 Å². The standard InChI is InChI=1S/C14H18F3NO/c15-14(16,17)12-3-1-2-11(10-12)4-7-18-8-5-13(19)6-9-18/h1-3,10,13,19H,4-9H2. The van der Waals surface area contributed by atoms with Crippen LogP contribution in [-0.2, 0) is 12.6 Å². The third kappa shape index (κ3) is 4.21. The van der Waals surface area contributed by atoms with Crippen LogP contribution in [0.15, 0.2) is 24.3 Å². The Labute approximate surface area is 110 Å². The van der Waals surface area contributed by atoms with E-state index in [0.29, 0.717) is 12.0 Å². The molecule has 0 aliphatic carbocycles. The molecule has 0 saturated carbocycles. The van der Waals surface area contributed by atoms with Gasteiger partial charge in [-0.2, -0.15) is 13.2 Å². The van der Waals surface area contributed by atoms with Crippen molar-refractivity contribution in [2.45, 2.75) is 31.5 Å². The van der Waals surface area contributed by atoms with Crippen molar-refractivity contribution >= 4 is 0 Å². The van der Waals surface area contributed by atoms with Crippen LogP contribution in [0.4, 0.5) is 13.2 Å². The largest absolute Gasteiger partial charge is 0.416 e. The Bertz CT molecular complexity index is 411. The molecule has 1 aromatic carbocycles. The molecule has 19 heavy (non-hydrogen) atoms. The molecule has 0 atom stereocenters.